The number of rotatable bonds is 1. The number of hydrogen-bond acceptors (Lipinski definition) is 1. The summed E-state index contributed by atoms with van der Waals surface area (Å²) in [6.07, 6.45) is 0.891. The van der Waals surface area contributed by atoms with Crippen molar-refractivity contribution in [3.63, 3.8) is 0 Å². The Hall–Kier alpha value is -0.0586. The topological polar surface area (TPSA) is 17.1 Å². The summed E-state index contributed by atoms with van der Waals surface area (Å²) >= 11 is 0. The molecule has 0 radical (unpaired) electrons. The zero-order valence-electron chi connectivity index (χ0n) is 6.53. The maximum absolute atomic E-state index is 10.6. The van der Waals surface area contributed by atoms with Crippen LogP contribution in [-0.4, -0.2) is 55.2 Å². The third-order valence-electron chi connectivity index (χ3n) is 1.95. The van der Waals surface area contributed by atoms with E-state index < -0.39 is 0 Å². The van der Waals surface area contributed by atoms with Gasteiger partial charge in [0.05, 0.1) is 0 Å². The Balaban J connectivity index is 0.000000845. The monoisotopic (exact) mass is 296 g/mol. The minimum absolute atomic E-state index is 0. The van der Waals surface area contributed by atoms with Crippen LogP contribution in [0.5, 0.6) is 0 Å². The van der Waals surface area contributed by atoms with Crippen molar-refractivity contribution in [2.75, 3.05) is 0 Å². The van der Waals surface area contributed by atoms with E-state index in [0.29, 0.717) is 0 Å². The number of carbonyl (C=O) groups excluding carboxylic acids is 1. The Bertz CT molecular complexity index is 418. The average molecular weight is 296 g/mol. The molecule has 0 amide bonds. The molecule has 13 heavy (non-hydrogen) atoms. The molecule has 62 valence electrons. The zero-order chi connectivity index (χ0) is 8.39. The van der Waals surface area contributed by atoms with Crippen LogP contribution in [0.25, 0.3) is 10.8 Å². The van der Waals surface area contributed by atoms with Gasteiger partial charge in [0.2, 0.25) is 0 Å². The Morgan fingerprint density at radius 3 is 2.38 bits per heavy atom. The number of benzene rings is 2. The SMILES string of the molecule is O=Cc1cccc2ccccc12.[BaH2]. The zero-order valence-corrected chi connectivity index (χ0v) is 6.53. The molecule has 2 aromatic carbocycles. The van der Waals surface area contributed by atoms with E-state index in [-0.39, 0.29) is 48.9 Å². The second-order valence-corrected chi connectivity index (χ2v) is 2.69. The predicted molar refractivity (Wildman–Crippen MR) is 57.9 cm³/mol. The molecule has 0 fully saturated rings. The molecule has 0 aromatic heterocycles. The summed E-state index contributed by atoms with van der Waals surface area (Å²) in [5, 5.41) is 2.14. The second kappa shape index (κ2) is 4.98. The summed E-state index contributed by atoms with van der Waals surface area (Å²) in [6, 6.07) is 13.6. The van der Waals surface area contributed by atoms with Gasteiger partial charge in [0.15, 0.2) is 6.29 Å². The first-order valence-corrected chi connectivity index (χ1v) is 3.85. The van der Waals surface area contributed by atoms with Gasteiger partial charge in [0.25, 0.3) is 0 Å². The summed E-state index contributed by atoms with van der Waals surface area (Å²) < 4.78 is 0. The van der Waals surface area contributed by atoms with Gasteiger partial charge in [-0.15, -0.1) is 0 Å². The van der Waals surface area contributed by atoms with Gasteiger partial charge in [-0.3, -0.25) is 4.79 Å². The normalized spacial score (nSPS) is 9.23. The van der Waals surface area contributed by atoms with Gasteiger partial charge in [0, 0.05) is 5.56 Å². The van der Waals surface area contributed by atoms with Crippen molar-refractivity contribution in [2.45, 2.75) is 0 Å². The summed E-state index contributed by atoms with van der Waals surface area (Å²) in [7, 11) is 0. The van der Waals surface area contributed by atoms with Crippen LogP contribution >= 0.6 is 0 Å². The molecule has 0 aliphatic carbocycles. The molecule has 0 heterocycles. The van der Waals surface area contributed by atoms with E-state index in [1.165, 1.54) is 0 Å². The fourth-order valence-electron chi connectivity index (χ4n) is 1.35. The van der Waals surface area contributed by atoms with Crippen molar-refractivity contribution in [3.8, 4) is 0 Å². The van der Waals surface area contributed by atoms with Crippen molar-refractivity contribution in [2.24, 2.45) is 0 Å². The number of carbonyl (C=O) groups is 1. The Morgan fingerprint density at radius 2 is 1.62 bits per heavy atom. The molecule has 0 unspecified atom stereocenters. The maximum atomic E-state index is 10.6. The van der Waals surface area contributed by atoms with E-state index >= 15 is 0 Å². The molecular weight excluding hydrogens is 285 g/mol. The van der Waals surface area contributed by atoms with Crippen LogP contribution in [0.4, 0.5) is 0 Å². The van der Waals surface area contributed by atoms with E-state index in [2.05, 4.69) is 0 Å². The van der Waals surface area contributed by atoms with Crippen LogP contribution < -0.4 is 0 Å². The van der Waals surface area contributed by atoms with Crippen molar-refractivity contribution < 1.29 is 4.79 Å². The molecular formula is C11H10BaO. The van der Waals surface area contributed by atoms with Gasteiger partial charge >= 0.3 is 48.9 Å². The molecule has 0 N–H and O–H groups in total. The van der Waals surface area contributed by atoms with E-state index in [4.69, 9.17) is 0 Å². The van der Waals surface area contributed by atoms with Crippen LogP contribution in [-0.2, 0) is 0 Å². The first-order chi connectivity index (χ1) is 5.92. The molecule has 0 aliphatic rings. The quantitative estimate of drug-likeness (QED) is 0.578. The summed E-state index contributed by atoms with van der Waals surface area (Å²) in [6.45, 7) is 0. The Kier molecular flexibility index (Phi) is 4.22. The van der Waals surface area contributed by atoms with Gasteiger partial charge in [-0.2, -0.15) is 0 Å². The van der Waals surface area contributed by atoms with Gasteiger partial charge in [-0.25, -0.2) is 0 Å². The summed E-state index contributed by atoms with van der Waals surface area (Å²) in [5.41, 5.74) is 0.758. The molecule has 0 saturated carbocycles. The summed E-state index contributed by atoms with van der Waals surface area (Å²) in [4.78, 5) is 10.6. The van der Waals surface area contributed by atoms with Gasteiger partial charge in [-0.05, 0) is 10.8 Å². The fraction of sp³-hybridized carbons (Fsp3) is 0. The van der Waals surface area contributed by atoms with Crippen LogP contribution in [0, 0.1) is 0 Å². The van der Waals surface area contributed by atoms with Gasteiger partial charge < -0.3 is 0 Å². The molecule has 0 atom stereocenters. The molecule has 2 heteroatoms. The third kappa shape index (κ3) is 2.24. The molecule has 0 spiro atoms. The van der Waals surface area contributed by atoms with Crippen molar-refractivity contribution in [1.82, 2.24) is 0 Å². The fourth-order valence-corrected chi connectivity index (χ4v) is 1.35. The van der Waals surface area contributed by atoms with Gasteiger partial charge in [-0.1, -0.05) is 42.5 Å². The molecule has 2 aromatic rings. The average Bonchev–Trinajstić information content (AvgIpc) is 2.17. The minimum atomic E-state index is 0. The van der Waals surface area contributed by atoms with Crippen LogP contribution in [0.3, 0.4) is 0 Å². The van der Waals surface area contributed by atoms with Crippen LogP contribution in [0.15, 0.2) is 42.5 Å². The van der Waals surface area contributed by atoms with Crippen molar-refractivity contribution in [1.29, 1.82) is 0 Å². The first-order valence-electron chi connectivity index (χ1n) is 3.85. The van der Waals surface area contributed by atoms with E-state index in [9.17, 15) is 4.79 Å². The standard InChI is InChI=1S/C11H8O.Ba.2H/c12-8-10-6-3-5-9-4-1-2-7-11(9)10;;;/h1-8H;;;. The number of hydrogen-bond donors (Lipinski definition) is 0. The Morgan fingerprint density at radius 1 is 0.923 bits per heavy atom. The van der Waals surface area contributed by atoms with E-state index in [0.717, 1.165) is 22.6 Å². The number of fused-ring (bicyclic) bond motifs is 1. The Labute approximate surface area is 117 Å². The van der Waals surface area contributed by atoms with Crippen LogP contribution in [0.1, 0.15) is 10.4 Å². The van der Waals surface area contributed by atoms with Crippen LogP contribution in [0.2, 0.25) is 0 Å². The molecule has 1 nitrogen and oxygen atoms in total. The van der Waals surface area contributed by atoms with Crippen molar-refractivity contribution >= 4 is 65.9 Å². The molecule has 0 saturated heterocycles. The van der Waals surface area contributed by atoms with E-state index in [1.807, 2.05) is 42.5 Å². The number of aldehydes is 1. The molecule has 2 rings (SSSR count). The summed E-state index contributed by atoms with van der Waals surface area (Å²) in [5.74, 6) is 0. The predicted octanol–water partition coefficient (Wildman–Crippen LogP) is 1.74. The first kappa shape index (κ1) is 11.0. The van der Waals surface area contributed by atoms with E-state index in [1.54, 1.807) is 0 Å². The third-order valence-corrected chi connectivity index (χ3v) is 1.95. The molecule has 0 aliphatic heterocycles. The molecule has 0 bridgehead atoms. The second-order valence-electron chi connectivity index (χ2n) is 2.69. The van der Waals surface area contributed by atoms with Crippen molar-refractivity contribution in [3.05, 3.63) is 48.0 Å². The van der Waals surface area contributed by atoms with Gasteiger partial charge in [0.1, 0.15) is 0 Å².